The van der Waals surface area contributed by atoms with Crippen molar-refractivity contribution in [1.82, 2.24) is 20.2 Å². The molecule has 1 N–H and O–H groups in total. The maximum absolute atomic E-state index is 12.1. The van der Waals surface area contributed by atoms with Crippen LogP contribution >= 0.6 is 23.4 Å². The minimum atomic E-state index is -0.248. The highest BCUT2D eigenvalue weighted by Gasteiger charge is 2.14. The van der Waals surface area contributed by atoms with Crippen LogP contribution < -0.4 is 5.43 Å². The van der Waals surface area contributed by atoms with E-state index in [0.29, 0.717) is 16.7 Å². The highest BCUT2D eigenvalue weighted by Crippen LogP contribution is 2.23. The van der Waals surface area contributed by atoms with E-state index in [0.717, 1.165) is 17.0 Å². The van der Waals surface area contributed by atoms with Crippen LogP contribution in [0.4, 0.5) is 0 Å². The Balaban J connectivity index is 1.54. The SMILES string of the molecule is CCn1c(SCC(=O)N/N=C/C(Cl)=C/c2ccccc2)nnc1-c1ccccc1. The van der Waals surface area contributed by atoms with Crippen molar-refractivity contribution >= 4 is 41.6 Å². The normalized spacial score (nSPS) is 11.7. The fourth-order valence-electron chi connectivity index (χ4n) is 2.56. The molecule has 0 saturated heterocycles. The first-order valence-corrected chi connectivity index (χ1v) is 10.4. The topological polar surface area (TPSA) is 72.2 Å². The van der Waals surface area contributed by atoms with E-state index in [2.05, 4.69) is 20.7 Å². The maximum atomic E-state index is 12.1. The Bertz CT molecular complexity index is 1000. The largest absolute Gasteiger partial charge is 0.302 e. The molecule has 0 saturated carbocycles. The van der Waals surface area contributed by atoms with E-state index in [4.69, 9.17) is 11.6 Å². The van der Waals surface area contributed by atoms with Crippen LogP contribution in [0.25, 0.3) is 17.5 Å². The van der Waals surface area contributed by atoms with E-state index in [-0.39, 0.29) is 11.7 Å². The smallest absolute Gasteiger partial charge is 0.250 e. The van der Waals surface area contributed by atoms with E-state index < -0.39 is 0 Å². The number of benzene rings is 2. The lowest BCUT2D eigenvalue weighted by molar-refractivity contribution is -0.118. The molecule has 2 aromatic carbocycles. The molecule has 1 heterocycles. The first kappa shape index (κ1) is 20.8. The van der Waals surface area contributed by atoms with Gasteiger partial charge in [-0.05, 0) is 18.6 Å². The number of carbonyl (C=O) groups excluding carboxylic acids is 1. The molecule has 0 aliphatic carbocycles. The molecule has 6 nitrogen and oxygen atoms in total. The minimum absolute atomic E-state index is 0.171. The van der Waals surface area contributed by atoms with Gasteiger partial charge in [0.1, 0.15) is 0 Å². The van der Waals surface area contributed by atoms with Crippen molar-refractivity contribution in [2.24, 2.45) is 5.10 Å². The van der Waals surface area contributed by atoms with Crippen molar-refractivity contribution < 1.29 is 4.79 Å². The van der Waals surface area contributed by atoms with Crippen LogP contribution in [0.1, 0.15) is 12.5 Å². The molecular weight excluding hydrogens is 406 g/mol. The van der Waals surface area contributed by atoms with Gasteiger partial charge in [-0.2, -0.15) is 5.10 Å². The van der Waals surface area contributed by atoms with Crippen LogP contribution in [0.2, 0.25) is 0 Å². The number of carbonyl (C=O) groups is 1. The van der Waals surface area contributed by atoms with Gasteiger partial charge in [0.05, 0.1) is 17.0 Å². The molecular formula is C21H20ClN5OS. The zero-order valence-corrected chi connectivity index (χ0v) is 17.4. The summed E-state index contributed by atoms with van der Waals surface area (Å²) in [5.41, 5.74) is 4.42. The fraction of sp³-hybridized carbons (Fsp3) is 0.143. The third-order valence-electron chi connectivity index (χ3n) is 3.88. The molecule has 1 aromatic heterocycles. The van der Waals surface area contributed by atoms with Crippen LogP contribution in [-0.2, 0) is 11.3 Å². The number of hydrogen-bond acceptors (Lipinski definition) is 5. The van der Waals surface area contributed by atoms with E-state index in [1.54, 1.807) is 6.08 Å². The Morgan fingerprint density at radius 3 is 2.52 bits per heavy atom. The van der Waals surface area contributed by atoms with Crippen molar-refractivity contribution in [3.63, 3.8) is 0 Å². The third kappa shape index (κ3) is 6.04. The lowest BCUT2D eigenvalue weighted by Gasteiger charge is -2.06. The van der Waals surface area contributed by atoms with E-state index in [1.807, 2.05) is 72.2 Å². The summed E-state index contributed by atoms with van der Waals surface area (Å²) in [6.07, 6.45) is 3.17. The summed E-state index contributed by atoms with van der Waals surface area (Å²) < 4.78 is 1.98. The number of allylic oxidation sites excluding steroid dienone is 1. The van der Waals surface area contributed by atoms with Crippen LogP contribution in [0.15, 0.2) is 76.0 Å². The van der Waals surface area contributed by atoms with Gasteiger partial charge in [0, 0.05) is 12.1 Å². The molecule has 0 aliphatic heterocycles. The molecule has 1 amide bonds. The van der Waals surface area contributed by atoms with Gasteiger partial charge >= 0.3 is 0 Å². The van der Waals surface area contributed by atoms with Crippen LogP contribution in [0.5, 0.6) is 0 Å². The number of hydrogen-bond donors (Lipinski definition) is 1. The van der Waals surface area contributed by atoms with Gasteiger partial charge < -0.3 is 4.57 Å². The number of amides is 1. The van der Waals surface area contributed by atoms with E-state index >= 15 is 0 Å². The number of nitrogens with one attached hydrogen (secondary N) is 1. The van der Waals surface area contributed by atoms with Crippen molar-refractivity contribution in [2.45, 2.75) is 18.6 Å². The maximum Gasteiger partial charge on any atom is 0.250 e. The van der Waals surface area contributed by atoms with Crippen LogP contribution in [0.3, 0.4) is 0 Å². The predicted octanol–water partition coefficient (Wildman–Crippen LogP) is 4.44. The fourth-order valence-corrected chi connectivity index (χ4v) is 3.52. The number of hydrazone groups is 1. The van der Waals surface area contributed by atoms with Gasteiger partial charge in [0.15, 0.2) is 11.0 Å². The second-order valence-electron chi connectivity index (χ2n) is 5.94. The molecule has 29 heavy (non-hydrogen) atoms. The Morgan fingerprint density at radius 2 is 1.83 bits per heavy atom. The molecule has 3 rings (SSSR count). The van der Waals surface area contributed by atoms with Gasteiger partial charge in [-0.25, -0.2) is 5.43 Å². The highest BCUT2D eigenvalue weighted by atomic mass is 35.5. The standard InChI is InChI=1S/C21H20ClN5OS/c1-2-27-20(17-11-7-4-8-12-17)25-26-21(27)29-15-19(28)24-23-14-18(22)13-16-9-5-3-6-10-16/h3-14H,2,15H2,1H3,(H,24,28)/b18-13-,23-14+. The predicted molar refractivity (Wildman–Crippen MR) is 119 cm³/mol. The summed E-state index contributed by atoms with van der Waals surface area (Å²) in [4.78, 5) is 12.1. The van der Waals surface area contributed by atoms with E-state index in [9.17, 15) is 4.79 Å². The molecule has 0 aliphatic rings. The van der Waals surface area contributed by atoms with E-state index in [1.165, 1.54) is 18.0 Å². The molecule has 0 bridgehead atoms. The zero-order chi connectivity index (χ0) is 20.5. The average Bonchev–Trinajstić information content (AvgIpc) is 3.16. The number of thioether (sulfide) groups is 1. The highest BCUT2D eigenvalue weighted by molar-refractivity contribution is 7.99. The molecule has 3 aromatic rings. The first-order valence-electron chi connectivity index (χ1n) is 9.03. The van der Waals surface area contributed by atoms with Gasteiger partial charge in [-0.15, -0.1) is 10.2 Å². The van der Waals surface area contributed by atoms with Gasteiger partial charge in [-0.3, -0.25) is 4.79 Å². The minimum Gasteiger partial charge on any atom is -0.302 e. The molecule has 0 atom stereocenters. The molecule has 0 spiro atoms. The summed E-state index contributed by atoms with van der Waals surface area (Å²) in [6.45, 7) is 2.73. The van der Waals surface area contributed by atoms with Crippen molar-refractivity contribution in [2.75, 3.05) is 5.75 Å². The molecule has 148 valence electrons. The van der Waals surface area contributed by atoms with Gasteiger partial charge in [0.2, 0.25) is 0 Å². The quantitative estimate of drug-likeness (QED) is 0.329. The second kappa shape index (κ2) is 10.6. The summed E-state index contributed by atoms with van der Waals surface area (Å²) in [5.74, 6) is 0.707. The summed E-state index contributed by atoms with van der Waals surface area (Å²) >= 11 is 7.42. The Hall–Kier alpha value is -2.90. The lowest BCUT2D eigenvalue weighted by Crippen LogP contribution is -2.19. The van der Waals surface area contributed by atoms with Crippen molar-refractivity contribution in [3.05, 3.63) is 71.3 Å². The average molecular weight is 426 g/mol. The second-order valence-corrected chi connectivity index (χ2v) is 7.32. The molecule has 0 radical (unpaired) electrons. The summed E-state index contributed by atoms with van der Waals surface area (Å²) in [6, 6.07) is 19.5. The molecule has 8 heteroatoms. The Kier molecular flexibility index (Phi) is 7.61. The number of aromatic nitrogens is 3. The van der Waals surface area contributed by atoms with Crippen LogP contribution in [0, 0.1) is 0 Å². The monoisotopic (exact) mass is 425 g/mol. The molecule has 0 fully saturated rings. The van der Waals surface area contributed by atoms with Crippen molar-refractivity contribution in [1.29, 1.82) is 0 Å². The van der Waals surface area contributed by atoms with Gasteiger partial charge in [0.25, 0.3) is 5.91 Å². The lowest BCUT2D eigenvalue weighted by atomic mass is 10.2. The Morgan fingerprint density at radius 1 is 1.14 bits per heavy atom. The number of nitrogens with zero attached hydrogens (tertiary/aromatic N) is 4. The molecule has 0 unspecified atom stereocenters. The zero-order valence-electron chi connectivity index (χ0n) is 15.8. The van der Waals surface area contributed by atoms with Gasteiger partial charge in [-0.1, -0.05) is 84.0 Å². The summed E-state index contributed by atoms with van der Waals surface area (Å²) in [5, 5.41) is 13.5. The van der Waals surface area contributed by atoms with Crippen LogP contribution in [-0.4, -0.2) is 32.6 Å². The number of rotatable bonds is 8. The number of halogens is 1. The Labute approximate surface area is 178 Å². The van der Waals surface area contributed by atoms with Crippen molar-refractivity contribution in [3.8, 4) is 11.4 Å². The third-order valence-corrected chi connectivity index (χ3v) is 5.05. The summed E-state index contributed by atoms with van der Waals surface area (Å²) in [7, 11) is 0. The first-order chi connectivity index (χ1) is 14.2.